The Morgan fingerprint density at radius 3 is 2.47 bits per heavy atom. The fourth-order valence-corrected chi connectivity index (χ4v) is 2.26. The Hall–Kier alpha value is -1.16. The summed E-state index contributed by atoms with van der Waals surface area (Å²) in [4.78, 5) is 4.38. The molecule has 0 amide bonds. The highest BCUT2D eigenvalue weighted by atomic mass is 15.2. The van der Waals surface area contributed by atoms with E-state index in [4.69, 9.17) is 0 Å². The monoisotopic (exact) mass is 234 g/mol. The number of nitrogens with zero attached hydrogens (tertiary/aromatic N) is 4. The van der Waals surface area contributed by atoms with Crippen LogP contribution < -0.4 is 4.90 Å². The van der Waals surface area contributed by atoms with Crippen LogP contribution in [0.2, 0.25) is 0 Å². The van der Waals surface area contributed by atoms with Gasteiger partial charge in [-0.2, -0.15) is 5.10 Å². The third kappa shape index (κ3) is 3.40. The lowest BCUT2D eigenvalue weighted by Crippen LogP contribution is -2.31. The summed E-state index contributed by atoms with van der Waals surface area (Å²) in [6.07, 6.45) is 3.65. The Morgan fingerprint density at radius 1 is 1.24 bits per heavy atom. The first-order valence-electron chi connectivity index (χ1n) is 6.33. The molecule has 1 aromatic heterocycles. The lowest BCUT2D eigenvalue weighted by atomic mass is 9.92. The van der Waals surface area contributed by atoms with Crippen LogP contribution in [0.5, 0.6) is 0 Å². The summed E-state index contributed by atoms with van der Waals surface area (Å²) in [6, 6.07) is 4.16. The van der Waals surface area contributed by atoms with Crippen molar-refractivity contribution in [2.24, 2.45) is 5.92 Å². The third-order valence-electron chi connectivity index (χ3n) is 3.50. The molecule has 0 radical (unpaired) electrons. The zero-order valence-electron chi connectivity index (χ0n) is 11.1. The van der Waals surface area contributed by atoms with Crippen molar-refractivity contribution in [2.45, 2.75) is 19.3 Å². The smallest absolute Gasteiger partial charge is 0.150 e. The molecular formula is C13H22N4. The van der Waals surface area contributed by atoms with E-state index in [9.17, 15) is 0 Å². The maximum Gasteiger partial charge on any atom is 0.150 e. The molecular weight excluding hydrogens is 212 g/mol. The van der Waals surface area contributed by atoms with Crippen molar-refractivity contribution >= 4 is 5.82 Å². The van der Waals surface area contributed by atoms with E-state index >= 15 is 0 Å². The number of likely N-dealkylation sites (tertiary alicyclic amines) is 1. The highest BCUT2D eigenvalue weighted by Crippen LogP contribution is 2.20. The van der Waals surface area contributed by atoms with Crippen LogP contribution in [0.15, 0.2) is 12.1 Å². The van der Waals surface area contributed by atoms with Gasteiger partial charge in [0.1, 0.15) is 0 Å². The zero-order chi connectivity index (χ0) is 12.3. The highest BCUT2D eigenvalue weighted by Gasteiger charge is 2.17. The summed E-state index contributed by atoms with van der Waals surface area (Å²) in [5.74, 6) is 1.71. The molecule has 0 aromatic carbocycles. The first-order chi connectivity index (χ1) is 8.15. The quantitative estimate of drug-likeness (QED) is 0.792. The van der Waals surface area contributed by atoms with Crippen molar-refractivity contribution < 1.29 is 0 Å². The molecule has 1 aliphatic heterocycles. The van der Waals surface area contributed by atoms with Crippen LogP contribution >= 0.6 is 0 Å². The second-order valence-corrected chi connectivity index (χ2v) is 5.23. The maximum absolute atomic E-state index is 4.31. The summed E-state index contributed by atoms with van der Waals surface area (Å²) in [7, 11) is 6.17. The van der Waals surface area contributed by atoms with Gasteiger partial charge in [-0.3, -0.25) is 0 Å². The molecule has 0 atom stereocenters. The summed E-state index contributed by atoms with van der Waals surface area (Å²) in [5.41, 5.74) is 1.13. The van der Waals surface area contributed by atoms with Gasteiger partial charge in [-0.1, -0.05) is 0 Å². The molecule has 0 spiro atoms. The molecule has 1 fully saturated rings. The van der Waals surface area contributed by atoms with Crippen LogP contribution in [0.1, 0.15) is 18.5 Å². The Bertz CT molecular complexity index is 339. The number of rotatable bonds is 3. The fraction of sp³-hybridized carbons (Fsp3) is 0.692. The van der Waals surface area contributed by atoms with E-state index in [2.05, 4.69) is 34.3 Å². The molecule has 0 bridgehead atoms. The number of piperidine rings is 1. The molecule has 4 nitrogen and oxygen atoms in total. The van der Waals surface area contributed by atoms with Crippen LogP contribution in [0, 0.1) is 5.92 Å². The zero-order valence-corrected chi connectivity index (χ0v) is 11.1. The first kappa shape index (κ1) is 12.3. The van der Waals surface area contributed by atoms with E-state index in [1.54, 1.807) is 0 Å². The van der Waals surface area contributed by atoms with Gasteiger partial charge in [0.05, 0.1) is 5.69 Å². The molecule has 0 saturated carbocycles. The van der Waals surface area contributed by atoms with Crippen molar-refractivity contribution in [2.75, 3.05) is 39.1 Å². The van der Waals surface area contributed by atoms with E-state index in [0.29, 0.717) is 0 Å². The molecule has 1 aromatic rings. The Kier molecular flexibility index (Phi) is 3.94. The van der Waals surface area contributed by atoms with Crippen molar-refractivity contribution in [1.82, 2.24) is 15.1 Å². The molecule has 0 N–H and O–H groups in total. The molecule has 4 heteroatoms. The predicted molar refractivity (Wildman–Crippen MR) is 70.3 cm³/mol. The van der Waals surface area contributed by atoms with Crippen molar-refractivity contribution in [3.63, 3.8) is 0 Å². The van der Waals surface area contributed by atoms with Gasteiger partial charge in [-0.25, -0.2) is 0 Å². The average Bonchev–Trinajstić information content (AvgIpc) is 2.33. The van der Waals surface area contributed by atoms with Crippen molar-refractivity contribution in [1.29, 1.82) is 0 Å². The van der Waals surface area contributed by atoms with Crippen LogP contribution in [0.3, 0.4) is 0 Å². The third-order valence-corrected chi connectivity index (χ3v) is 3.50. The van der Waals surface area contributed by atoms with Gasteiger partial charge in [0, 0.05) is 14.1 Å². The van der Waals surface area contributed by atoms with E-state index in [1.165, 1.54) is 25.9 Å². The van der Waals surface area contributed by atoms with E-state index in [-0.39, 0.29) is 0 Å². The number of anilines is 1. The van der Waals surface area contributed by atoms with Crippen molar-refractivity contribution in [3.05, 3.63) is 17.8 Å². The molecule has 17 heavy (non-hydrogen) atoms. The normalized spacial score (nSPS) is 18.3. The van der Waals surface area contributed by atoms with Crippen LogP contribution in [-0.4, -0.2) is 49.3 Å². The van der Waals surface area contributed by atoms with Gasteiger partial charge in [0.15, 0.2) is 5.82 Å². The van der Waals surface area contributed by atoms with Crippen LogP contribution in [0.4, 0.5) is 5.82 Å². The van der Waals surface area contributed by atoms with Gasteiger partial charge < -0.3 is 9.80 Å². The molecule has 0 aliphatic carbocycles. The summed E-state index contributed by atoms with van der Waals surface area (Å²) < 4.78 is 0. The molecule has 2 heterocycles. The summed E-state index contributed by atoms with van der Waals surface area (Å²) in [5, 5.41) is 8.53. The second kappa shape index (κ2) is 5.45. The molecule has 1 saturated heterocycles. The minimum Gasteiger partial charge on any atom is -0.361 e. The van der Waals surface area contributed by atoms with Gasteiger partial charge in [0.25, 0.3) is 0 Å². The average molecular weight is 234 g/mol. The number of aromatic nitrogens is 2. The molecule has 0 unspecified atom stereocenters. The molecule has 1 aliphatic rings. The van der Waals surface area contributed by atoms with Gasteiger partial charge in [-0.15, -0.1) is 5.10 Å². The molecule has 2 rings (SSSR count). The van der Waals surface area contributed by atoms with Crippen LogP contribution in [0.25, 0.3) is 0 Å². The number of hydrogen-bond acceptors (Lipinski definition) is 4. The SMILES string of the molecule is CN1CCC(Cc2ccc(N(C)C)nn2)CC1. The van der Waals surface area contributed by atoms with Crippen molar-refractivity contribution in [3.8, 4) is 0 Å². The molecule has 94 valence electrons. The van der Waals surface area contributed by atoms with Gasteiger partial charge >= 0.3 is 0 Å². The lowest BCUT2D eigenvalue weighted by molar-refractivity contribution is 0.218. The lowest BCUT2D eigenvalue weighted by Gasteiger charge is -2.28. The number of hydrogen-bond donors (Lipinski definition) is 0. The fourth-order valence-electron chi connectivity index (χ4n) is 2.26. The first-order valence-corrected chi connectivity index (χ1v) is 6.33. The minimum absolute atomic E-state index is 0.783. The Labute approximate surface area is 104 Å². The highest BCUT2D eigenvalue weighted by molar-refractivity contribution is 5.34. The standard InChI is InChI=1S/C13H22N4/c1-16(2)13-5-4-12(14-15-13)10-11-6-8-17(3)9-7-11/h4-5,11H,6-10H2,1-3H3. The van der Waals surface area contributed by atoms with Gasteiger partial charge in [-0.05, 0) is 57.5 Å². The van der Waals surface area contributed by atoms with Crippen LogP contribution in [-0.2, 0) is 6.42 Å². The Morgan fingerprint density at radius 2 is 1.94 bits per heavy atom. The topological polar surface area (TPSA) is 32.3 Å². The second-order valence-electron chi connectivity index (χ2n) is 5.23. The minimum atomic E-state index is 0.783. The van der Waals surface area contributed by atoms with Gasteiger partial charge in [0.2, 0.25) is 0 Å². The van der Waals surface area contributed by atoms with E-state index in [0.717, 1.165) is 23.9 Å². The summed E-state index contributed by atoms with van der Waals surface area (Å²) in [6.45, 7) is 2.43. The predicted octanol–water partition coefficient (Wildman–Crippen LogP) is 1.43. The summed E-state index contributed by atoms with van der Waals surface area (Å²) >= 11 is 0. The Balaban J connectivity index is 1.90. The maximum atomic E-state index is 4.31. The van der Waals surface area contributed by atoms with E-state index in [1.807, 2.05) is 19.0 Å². The largest absolute Gasteiger partial charge is 0.361 e. The van der Waals surface area contributed by atoms with E-state index < -0.39 is 0 Å².